The van der Waals surface area contributed by atoms with Gasteiger partial charge >= 0.3 is 64.9 Å². The summed E-state index contributed by atoms with van der Waals surface area (Å²) in [7, 11) is 0. The Kier molecular flexibility index (Phi) is 8.29. The van der Waals surface area contributed by atoms with Crippen molar-refractivity contribution in [1.82, 2.24) is 0 Å². The van der Waals surface area contributed by atoms with E-state index < -0.39 is 17.7 Å². The average molecular weight is 375 g/mol. The van der Waals surface area contributed by atoms with Gasteiger partial charge in [-0.15, -0.1) is 0 Å². The van der Waals surface area contributed by atoms with Crippen molar-refractivity contribution in [3.63, 3.8) is 0 Å². The predicted molar refractivity (Wildman–Crippen MR) is 62.5 cm³/mol. The van der Waals surface area contributed by atoms with E-state index in [1.165, 1.54) is 12.1 Å². The molecule has 0 aliphatic carbocycles. The standard InChI is InChI=1S/C12H11BrO6.2Na/c1-6(13)4-7-2-3-8-9(5-7)19-12(18-8,10(14)15)11(16)17;;/h2-3,5-6H,4H2,1H3,(H,14,15)(H,16,17);;/q;2*+1/p-2/t6-;;/m0../s1. The Morgan fingerprint density at radius 2 is 1.71 bits per heavy atom. The molecule has 0 spiro atoms. The van der Waals surface area contributed by atoms with Crippen molar-refractivity contribution in [3.8, 4) is 11.5 Å². The van der Waals surface area contributed by atoms with Gasteiger partial charge in [0.25, 0.3) is 0 Å². The van der Waals surface area contributed by atoms with Gasteiger partial charge < -0.3 is 29.3 Å². The van der Waals surface area contributed by atoms with Crippen LogP contribution in [0, 0.1) is 0 Å². The van der Waals surface area contributed by atoms with Crippen LogP contribution in [0.25, 0.3) is 0 Å². The summed E-state index contributed by atoms with van der Waals surface area (Å²) >= 11 is 3.38. The SMILES string of the molecule is C[C@H](Br)Cc1ccc2c(c1)OC(C(=O)[O-])(C(=O)[O-])O2.[Na+].[Na+]. The molecule has 0 bridgehead atoms. The molecule has 1 aliphatic rings. The second-order valence-electron chi connectivity index (χ2n) is 4.16. The van der Waals surface area contributed by atoms with Crippen molar-refractivity contribution in [2.45, 2.75) is 24.0 Å². The van der Waals surface area contributed by atoms with Crippen LogP contribution in [-0.4, -0.2) is 22.6 Å². The van der Waals surface area contributed by atoms with Crippen LogP contribution in [0.1, 0.15) is 12.5 Å². The Hall–Kier alpha value is 0.240. The number of ether oxygens (including phenoxy) is 2. The van der Waals surface area contributed by atoms with Crippen molar-refractivity contribution in [3.05, 3.63) is 23.8 Å². The molecule has 0 radical (unpaired) electrons. The zero-order chi connectivity index (χ0) is 14.2. The maximum absolute atomic E-state index is 10.9. The van der Waals surface area contributed by atoms with Crippen molar-refractivity contribution >= 4 is 27.9 Å². The Morgan fingerprint density at radius 1 is 1.19 bits per heavy atom. The van der Waals surface area contributed by atoms with Crippen molar-refractivity contribution in [2.24, 2.45) is 0 Å². The van der Waals surface area contributed by atoms with Gasteiger partial charge in [-0.3, -0.25) is 0 Å². The average Bonchev–Trinajstić information content (AvgIpc) is 2.68. The summed E-state index contributed by atoms with van der Waals surface area (Å²) in [4.78, 5) is 22.0. The van der Waals surface area contributed by atoms with Gasteiger partial charge in [0.15, 0.2) is 11.5 Å². The van der Waals surface area contributed by atoms with E-state index in [9.17, 15) is 19.8 Å². The smallest absolute Gasteiger partial charge is 0.542 e. The zero-order valence-electron chi connectivity index (χ0n) is 11.8. The molecule has 0 N–H and O–H groups in total. The monoisotopic (exact) mass is 374 g/mol. The van der Waals surface area contributed by atoms with Gasteiger partial charge in [0.05, 0.1) is 0 Å². The third-order valence-electron chi connectivity index (χ3n) is 2.57. The zero-order valence-corrected chi connectivity index (χ0v) is 17.4. The molecule has 0 saturated carbocycles. The maximum Gasteiger partial charge on any atom is 1.00 e. The van der Waals surface area contributed by atoms with Gasteiger partial charge in [-0.05, 0) is 24.1 Å². The van der Waals surface area contributed by atoms with E-state index in [4.69, 9.17) is 9.47 Å². The van der Waals surface area contributed by atoms with E-state index >= 15 is 0 Å². The number of alkyl halides is 1. The predicted octanol–water partition coefficient (Wildman–Crippen LogP) is -7.01. The molecule has 0 aromatic heterocycles. The van der Waals surface area contributed by atoms with Crippen LogP contribution in [0.2, 0.25) is 0 Å². The fraction of sp³-hybridized carbons (Fsp3) is 0.333. The van der Waals surface area contributed by atoms with Gasteiger partial charge in [0.2, 0.25) is 0 Å². The second-order valence-corrected chi connectivity index (χ2v) is 5.72. The minimum absolute atomic E-state index is 0. The number of carbonyl (C=O) groups excluding carboxylic acids is 2. The summed E-state index contributed by atoms with van der Waals surface area (Å²) in [5.41, 5.74) is 0.847. The van der Waals surface area contributed by atoms with Crippen LogP contribution >= 0.6 is 15.9 Å². The molecule has 0 unspecified atom stereocenters. The number of carbonyl (C=O) groups is 2. The fourth-order valence-corrected chi connectivity index (χ4v) is 2.12. The number of carboxylic acid groups (broad SMARTS) is 2. The van der Waals surface area contributed by atoms with E-state index in [0.717, 1.165) is 5.56 Å². The first-order chi connectivity index (χ1) is 8.85. The van der Waals surface area contributed by atoms with Crippen molar-refractivity contribution in [2.75, 3.05) is 0 Å². The quantitative estimate of drug-likeness (QED) is 0.295. The van der Waals surface area contributed by atoms with E-state index in [1.54, 1.807) is 6.07 Å². The molecular weight excluding hydrogens is 366 g/mol. The topological polar surface area (TPSA) is 98.7 Å². The molecule has 102 valence electrons. The third-order valence-corrected chi connectivity index (χ3v) is 2.89. The number of hydrogen-bond acceptors (Lipinski definition) is 6. The number of halogens is 1. The number of benzene rings is 1. The molecule has 1 aromatic carbocycles. The van der Waals surface area contributed by atoms with Gasteiger partial charge in [-0.1, -0.05) is 28.9 Å². The first-order valence-corrected chi connectivity index (χ1v) is 6.34. The second kappa shape index (κ2) is 8.19. The number of rotatable bonds is 4. The first kappa shape index (κ1) is 21.2. The summed E-state index contributed by atoms with van der Waals surface area (Å²) in [6, 6.07) is 4.68. The van der Waals surface area contributed by atoms with E-state index in [-0.39, 0.29) is 75.4 Å². The molecular formula is C12H9BrNa2O6. The van der Waals surface area contributed by atoms with Gasteiger partial charge in [0, 0.05) is 4.83 Å². The number of carboxylic acids is 2. The van der Waals surface area contributed by atoms with Crippen LogP contribution in [0.15, 0.2) is 18.2 Å². The number of aliphatic carboxylic acids is 2. The Bertz CT molecular complexity index is 535. The normalized spacial score (nSPS) is 15.3. The summed E-state index contributed by atoms with van der Waals surface area (Å²) in [6.07, 6.45) is 0.667. The minimum atomic E-state index is -2.92. The molecule has 21 heavy (non-hydrogen) atoms. The van der Waals surface area contributed by atoms with Crippen LogP contribution in [0.5, 0.6) is 11.5 Å². The van der Waals surface area contributed by atoms with Crippen LogP contribution in [0.4, 0.5) is 0 Å². The molecule has 0 amide bonds. The maximum atomic E-state index is 10.9. The molecule has 9 heteroatoms. The minimum Gasteiger partial charge on any atom is -0.542 e. The number of fused-ring (bicyclic) bond motifs is 1. The molecule has 1 aromatic rings. The van der Waals surface area contributed by atoms with E-state index in [2.05, 4.69) is 15.9 Å². The van der Waals surface area contributed by atoms with E-state index in [0.29, 0.717) is 6.42 Å². The van der Waals surface area contributed by atoms with E-state index in [1.807, 2.05) is 6.92 Å². The molecule has 0 fully saturated rings. The molecule has 6 nitrogen and oxygen atoms in total. The Labute approximate surface area is 173 Å². The summed E-state index contributed by atoms with van der Waals surface area (Å²) < 4.78 is 9.70. The van der Waals surface area contributed by atoms with Gasteiger partial charge in [0.1, 0.15) is 11.9 Å². The largest absolute Gasteiger partial charge is 1.00 e. The Morgan fingerprint density at radius 3 is 2.19 bits per heavy atom. The van der Waals surface area contributed by atoms with Crippen LogP contribution in [0.3, 0.4) is 0 Å². The van der Waals surface area contributed by atoms with Crippen LogP contribution in [-0.2, 0) is 16.0 Å². The summed E-state index contributed by atoms with van der Waals surface area (Å²) in [5, 5.41) is 21.8. The third kappa shape index (κ3) is 4.37. The molecule has 2 rings (SSSR count). The Balaban J connectivity index is 0.00000200. The summed E-state index contributed by atoms with van der Waals surface area (Å²) in [5.74, 6) is -6.88. The molecule has 1 atom stereocenters. The first-order valence-electron chi connectivity index (χ1n) is 5.43. The fourth-order valence-electron chi connectivity index (χ4n) is 1.75. The van der Waals surface area contributed by atoms with Crippen molar-refractivity contribution in [1.29, 1.82) is 0 Å². The van der Waals surface area contributed by atoms with Crippen molar-refractivity contribution < 1.29 is 88.4 Å². The molecule has 0 saturated heterocycles. The summed E-state index contributed by atoms with van der Waals surface area (Å²) in [6.45, 7) is 1.94. The molecule has 1 aliphatic heterocycles. The van der Waals surface area contributed by atoms with Gasteiger partial charge in [-0.25, -0.2) is 0 Å². The molecule has 1 heterocycles. The number of hydrogen-bond donors (Lipinski definition) is 0. The van der Waals surface area contributed by atoms with Crippen LogP contribution < -0.4 is 78.8 Å². The van der Waals surface area contributed by atoms with Gasteiger partial charge in [-0.2, -0.15) is 0 Å².